The molecule has 0 unspecified atom stereocenters. The molecular weight excluding hydrogens is 296 g/mol. The fourth-order valence-electron chi connectivity index (χ4n) is 2.85. The van der Waals surface area contributed by atoms with Crippen LogP contribution in [0.2, 0.25) is 0 Å². The number of nitrogens with one attached hydrogen (secondary N) is 1. The normalized spacial score (nSPS) is 16.5. The van der Waals surface area contributed by atoms with Gasteiger partial charge in [-0.1, -0.05) is 6.07 Å². The second-order valence-corrected chi connectivity index (χ2v) is 6.56. The fraction of sp³-hybridized carbons (Fsp3) is 0.438. The van der Waals surface area contributed by atoms with Crippen LogP contribution in [0.25, 0.3) is 0 Å². The summed E-state index contributed by atoms with van der Waals surface area (Å²) in [5.41, 5.74) is 1.31. The lowest BCUT2D eigenvalue weighted by Gasteiger charge is -2.31. The van der Waals surface area contributed by atoms with E-state index in [4.69, 9.17) is 0 Å². The minimum absolute atomic E-state index is 0.0284. The molecule has 1 aliphatic heterocycles. The zero-order chi connectivity index (χ0) is 15.2. The minimum Gasteiger partial charge on any atom is -0.301 e. The molecule has 1 aliphatic rings. The Labute approximate surface area is 134 Å². The van der Waals surface area contributed by atoms with Crippen LogP contribution in [0.5, 0.6) is 0 Å². The molecule has 3 heterocycles. The molecule has 0 aromatic carbocycles. The predicted octanol–water partition coefficient (Wildman–Crippen LogP) is 2.43. The first-order valence-corrected chi connectivity index (χ1v) is 8.48. The Morgan fingerprint density at radius 2 is 2.23 bits per heavy atom. The first-order chi connectivity index (χ1) is 10.8. The Balaban J connectivity index is 1.41. The van der Waals surface area contributed by atoms with Gasteiger partial charge in [0.25, 0.3) is 0 Å². The van der Waals surface area contributed by atoms with Crippen molar-refractivity contribution in [2.75, 3.05) is 25.0 Å². The van der Waals surface area contributed by atoms with E-state index in [9.17, 15) is 4.79 Å². The number of carbonyl (C=O) groups excluding carboxylic acids is 1. The van der Waals surface area contributed by atoms with Crippen LogP contribution in [-0.2, 0) is 11.2 Å². The zero-order valence-corrected chi connectivity index (χ0v) is 13.3. The van der Waals surface area contributed by atoms with Crippen molar-refractivity contribution >= 4 is 22.4 Å². The van der Waals surface area contributed by atoms with Crippen LogP contribution in [0.1, 0.15) is 18.4 Å². The number of pyridine rings is 1. The molecule has 6 heteroatoms. The third-order valence-electron chi connectivity index (χ3n) is 4.00. The number of nitrogens with zero attached hydrogens (tertiary/aromatic N) is 3. The molecule has 2 aromatic rings. The maximum atomic E-state index is 12.0. The van der Waals surface area contributed by atoms with Gasteiger partial charge in [-0.3, -0.25) is 14.7 Å². The molecule has 0 aliphatic carbocycles. The molecule has 0 bridgehead atoms. The van der Waals surface area contributed by atoms with Crippen LogP contribution in [0.15, 0.2) is 36.1 Å². The molecule has 1 fully saturated rings. The van der Waals surface area contributed by atoms with Gasteiger partial charge in [-0.2, -0.15) is 0 Å². The average Bonchev–Trinajstić information content (AvgIpc) is 3.03. The van der Waals surface area contributed by atoms with E-state index in [-0.39, 0.29) is 5.91 Å². The highest BCUT2D eigenvalue weighted by molar-refractivity contribution is 7.13. The largest absolute Gasteiger partial charge is 0.301 e. The average molecular weight is 316 g/mol. The van der Waals surface area contributed by atoms with Gasteiger partial charge in [0.1, 0.15) is 0 Å². The van der Waals surface area contributed by atoms with E-state index in [0.29, 0.717) is 17.6 Å². The molecule has 2 aromatic heterocycles. The van der Waals surface area contributed by atoms with Crippen molar-refractivity contribution < 1.29 is 4.79 Å². The number of rotatable bonds is 5. The van der Waals surface area contributed by atoms with Gasteiger partial charge in [0.2, 0.25) is 5.91 Å². The maximum absolute atomic E-state index is 12.0. The van der Waals surface area contributed by atoms with Crippen molar-refractivity contribution in [2.45, 2.75) is 19.3 Å². The number of carbonyl (C=O) groups is 1. The Hall–Kier alpha value is -1.79. The summed E-state index contributed by atoms with van der Waals surface area (Å²) in [6.45, 7) is 2.42. The van der Waals surface area contributed by atoms with Gasteiger partial charge in [0.05, 0.1) is 6.54 Å². The molecule has 22 heavy (non-hydrogen) atoms. The molecule has 0 atom stereocenters. The van der Waals surface area contributed by atoms with E-state index >= 15 is 0 Å². The second-order valence-electron chi connectivity index (χ2n) is 5.67. The first kappa shape index (κ1) is 15.1. The summed E-state index contributed by atoms with van der Waals surface area (Å²) in [7, 11) is 0. The van der Waals surface area contributed by atoms with E-state index in [1.54, 1.807) is 6.20 Å². The van der Waals surface area contributed by atoms with Crippen LogP contribution in [0, 0.1) is 5.92 Å². The van der Waals surface area contributed by atoms with Crippen molar-refractivity contribution in [1.82, 2.24) is 14.9 Å². The van der Waals surface area contributed by atoms with Gasteiger partial charge in [-0.15, -0.1) is 11.3 Å². The topological polar surface area (TPSA) is 58.1 Å². The van der Waals surface area contributed by atoms with Crippen molar-refractivity contribution in [1.29, 1.82) is 0 Å². The van der Waals surface area contributed by atoms with E-state index in [2.05, 4.69) is 26.3 Å². The molecule has 0 radical (unpaired) electrons. The lowest BCUT2D eigenvalue weighted by atomic mass is 9.91. The van der Waals surface area contributed by atoms with Crippen molar-refractivity contribution in [3.8, 4) is 0 Å². The Kier molecular flexibility index (Phi) is 5.13. The summed E-state index contributed by atoms with van der Waals surface area (Å²) < 4.78 is 0. The number of aromatic nitrogens is 2. The van der Waals surface area contributed by atoms with Crippen LogP contribution in [0.3, 0.4) is 0 Å². The molecule has 3 rings (SSSR count). The molecular formula is C16H20N4OS. The standard InChI is InChI=1S/C16H20N4OS/c21-15(19-16-18-6-9-22-16)12-20-7-3-13(4-8-20)10-14-2-1-5-17-11-14/h1-2,5-6,9,11,13H,3-4,7-8,10,12H2,(H,18,19,21). The highest BCUT2D eigenvalue weighted by Gasteiger charge is 2.21. The van der Waals surface area contributed by atoms with Crippen molar-refractivity contribution in [2.24, 2.45) is 5.92 Å². The van der Waals surface area contributed by atoms with Gasteiger partial charge >= 0.3 is 0 Å². The number of hydrogen-bond acceptors (Lipinski definition) is 5. The lowest BCUT2D eigenvalue weighted by Crippen LogP contribution is -2.39. The third-order valence-corrected chi connectivity index (χ3v) is 4.69. The lowest BCUT2D eigenvalue weighted by molar-refractivity contribution is -0.117. The highest BCUT2D eigenvalue weighted by Crippen LogP contribution is 2.21. The van der Waals surface area contributed by atoms with Crippen LogP contribution in [0.4, 0.5) is 5.13 Å². The molecule has 1 N–H and O–H groups in total. The smallest absolute Gasteiger partial charge is 0.240 e. The number of amides is 1. The molecule has 5 nitrogen and oxygen atoms in total. The highest BCUT2D eigenvalue weighted by atomic mass is 32.1. The van der Waals surface area contributed by atoms with Gasteiger partial charge in [-0.25, -0.2) is 4.98 Å². The van der Waals surface area contributed by atoms with E-state index in [1.807, 2.05) is 23.8 Å². The SMILES string of the molecule is O=C(CN1CCC(Cc2cccnc2)CC1)Nc1nccs1. The first-order valence-electron chi connectivity index (χ1n) is 7.60. The number of piperidine rings is 1. The summed E-state index contributed by atoms with van der Waals surface area (Å²) in [5.74, 6) is 0.725. The molecule has 116 valence electrons. The second kappa shape index (κ2) is 7.47. The summed E-state index contributed by atoms with van der Waals surface area (Å²) in [6.07, 6.45) is 8.83. The van der Waals surface area contributed by atoms with Gasteiger partial charge in [-0.05, 0) is 49.9 Å². The van der Waals surface area contributed by atoms with Crippen molar-refractivity contribution in [3.63, 3.8) is 0 Å². The molecule has 1 saturated heterocycles. The molecule has 0 saturated carbocycles. The Bertz CT molecular complexity index is 579. The van der Waals surface area contributed by atoms with E-state index < -0.39 is 0 Å². The summed E-state index contributed by atoms with van der Waals surface area (Å²) >= 11 is 1.45. The minimum atomic E-state index is 0.0284. The Morgan fingerprint density at radius 3 is 2.91 bits per heavy atom. The molecule has 0 spiro atoms. The van der Waals surface area contributed by atoms with E-state index in [0.717, 1.165) is 32.4 Å². The van der Waals surface area contributed by atoms with Crippen LogP contribution >= 0.6 is 11.3 Å². The van der Waals surface area contributed by atoms with Crippen LogP contribution < -0.4 is 5.32 Å². The number of anilines is 1. The van der Waals surface area contributed by atoms with Crippen molar-refractivity contribution in [3.05, 3.63) is 41.7 Å². The Morgan fingerprint density at radius 1 is 1.36 bits per heavy atom. The number of thiazole rings is 1. The predicted molar refractivity (Wildman–Crippen MR) is 87.8 cm³/mol. The van der Waals surface area contributed by atoms with E-state index in [1.165, 1.54) is 16.9 Å². The zero-order valence-electron chi connectivity index (χ0n) is 12.4. The molecule has 1 amide bonds. The van der Waals surface area contributed by atoms with Crippen LogP contribution in [-0.4, -0.2) is 40.4 Å². The fourth-order valence-corrected chi connectivity index (χ4v) is 3.39. The maximum Gasteiger partial charge on any atom is 0.240 e. The van der Waals surface area contributed by atoms with Gasteiger partial charge in [0, 0.05) is 24.0 Å². The summed E-state index contributed by atoms with van der Waals surface area (Å²) in [4.78, 5) is 22.4. The monoisotopic (exact) mass is 316 g/mol. The quantitative estimate of drug-likeness (QED) is 0.920. The van der Waals surface area contributed by atoms with Gasteiger partial charge < -0.3 is 5.32 Å². The van der Waals surface area contributed by atoms with Gasteiger partial charge in [0.15, 0.2) is 5.13 Å². The number of hydrogen-bond donors (Lipinski definition) is 1. The number of likely N-dealkylation sites (tertiary alicyclic amines) is 1. The summed E-state index contributed by atoms with van der Waals surface area (Å²) in [5, 5.41) is 5.38. The summed E-state index contributed by atoms with van der Waals surface area (Å²) in [6, 6.07) is 4.13. The third kappa shape index (κ3) is 4.35.